The van der Waals surface area contributed by atoms with Gasteiger partial charge in [-0.25, -0.2) is 9.78 Å². The molecule has 0 bridgehead atoms. The summed E-state index contributed by atoms with van der Waals surface area (Å²) in [6, 6.07) is 4.79. The summed E-state index contributed by atoms with van der Waals surface area (Å²) in [4.78, 5) is 16.6. The summed E-state index contributed by atoms with van der Waals surface area (Å²) in [7, 11) is 0. The van der Waals surface area contributed by atoms with Crippen molar-refractivity contribution < 1.29 is 9.53 Å². The van der Waals surface area contributed by atoms with Gasteiger partial charge in [0.2, 0.25) is 0 Å². The van der Waals surface area contributed by atoms with Crippen LogP contribution in [0.5, 0.6) is 0 Å². The van der Waals surface area contributed by atoms with Crippen LogP contribution in [-0.4, -0.2) is 27.9 Å². The lowest BCUT2D eigenvalue weighted by Gasteiger charge is -2.27. The fourth-order valence-corrected chi connectivity index (χ4v) is 4.09. The number of ether oxygens (including phenoxy) is 1. The number of imidazole rings is 1. The van der Waals surface area contributed by atoms with E-state index in [2.05, 4.69) is 4.98 Å². The van der Waals surface area contributed by atoms with E-state index in [0.29, 0.717) is 16.7 Å². The van der Waals surface area contributed by atoms with Gasteiger partial charge in [0, 0.05) is 22.4 Å². The van der Waals surface area contributed by atoms with Crippen LogP contribution in [0, 0.1) is 0 Å². The molecule has 0 saturated heterocycles. The van der Waals surface area contributed by atoms with E-state index in [4.69, 9.17) is 27.9 Å². The number of hydrogen-bond acceptors (Lipinski definition) is 4. The highest BCUT2D eigenvalue weighted by molar-refractivity contribution is 7.99. The Bertz CT molecular complexity index is 650. The minimum Gasteiger partial charge on any atom is -0.464 e. The van der Waals surface area contributed by atoms with E-state index in [1.165, 1.54) is 0 Å². The summed E-state index contributed by atoms with van der Waals surface area (Å²) in [5, 5.41) is 0.908. The Balaban J connectivity index is 2.47. The van der Waals surface area contributed by atoms with Gasteiger partial charge in [0.15, 0.2) is 0 Å². The molecule has 1 aromatic heterocycles. The Labute approximate surface area is 150 Å². The molecule has 0 N–H and O–H groups in total. The molecule has 0 aliphatic carbocycles. The molecular formula is C16H18Cl2N2O2S. The molecule has 0 saturated carbocycles. The van der Waals surface area contributed by atoms with Gasteiger partial charge in [-0.05, 0) is 30.4 Å². The van der Waals surface area contributed by atoms with Crippen molar-refractivity contribution in [3.8, 4) is 0 Å². The second-order valence-corrected chi connectivity index (χ2v) is 7.01. The zero-order valence-electron chi connectivity index (χ0n) is 12.9. The number of halogens is 2. The number of nitrogens with zero attached hydrogens (tertiary/aromatic N) is 2. The first-order valence-corrected chi connectivity index (χ1v) is 9.09. The average Bonchev–Trinajstić information content (AvgIpc) is 3.01. The van der Waals surface area contributed by atoms with Crippen molar-refractivity contribution in [2.75, 3.05) is 12.4 Å². The van der Waals surface area contributed by atoms with Crippen molar-refractivity contribution in [1.82, 2.24) is 9.55 Å². The van der Waals surface area contributed by atoms with E-state index in [-0.39, 0.29) is 11.2 Å². The van der Waals surface area contributed by atoms with Crippen molar-refractivity contribution in [2.45, 2.75) is 25.1 Å². The van der Waals surface area contributed by atoms with Gasteiger partial charge in [0.05, 0.1) is 18.2 Å². The second kappa shape index (κ2) is 8.62. The first-order valence-electron chi connectivity index (χ1n) is 7.29. The number of rotatable bonds is 7. The molecule has 0 spiro atoms. The van der Waals surface area contributed by atoms with Gasteiger partial charge in [-0.1, -0.05) is 36.2 Å². The summed E-state index contributed by atoms with van der Waals surface area (Å²) in [6.45, 7) is 4.15. The quantitative estimate of drug-likeness (QED) is 0.655. The van der Waals surface area contributed by atoms with E-state index in [1.54, 1.807) is 54.1 Å². The molecule has 2 unspecified atom stereocenters. The molecule has 124 valence electrons. The molecule has 2 atom stereocenters. The number of hydrogen-bond donors (Lipinski definition) is 0. The van der Waals surface area contributed by atoms with Crippen LogP contribution in [0.3, 0.4) is 0 Å². The second-order valence-electron chi connectivity index (χ2n) is 4.75. The zero-order chi connectivity index (χ0) is 16.8. The monoisotopic (exact) mass is 372 g/mol. The molecule has 0 aliphatic heterocycles. The van der Waals surface area contributed by atoms with Crippen LogP contribution in [0.2, 0.25) is 10.0 Å². The lowest BCUT2D eigenvalue weighted by Crippen LogP contribution is -2.26. The predicted molar refractivity (Wildman–Crippen MR) is 95.2 cm³/mol. The van der Waals surface area contributed by atoms with Gasteiger partial charge in [0.25, 0.3) is 0 Å². The molecular weight excluding hydrogens is 355 g/mol. The SMILES string of the molecule is CCOC(=O)C(C(SCC)c1ccc(Cl)cc1Cl)n1ccnc1. The van der Waals surface area contributed by atoms with Gasteiger partial charge in [0.1, 0.15) is 6.04 Å². The number of benzene rings is 1. The lowest BCUT2D eigenvalue weighted by atomic mass is 10.0. The summed E-state index contributed by atoms with van der Waals surface area (Å²) in [5.41, 5.74) is 0.856. The van der Waals surface area contributed by atoms with E-state index in [1.807, 2.05) is 13.0 Å². The molecule has 0 aliphatic rings. The third kappa shape index (κ3) is 4.43. The molecule has 2 rings (SSSR count). The van der Waals surface area contributed by atoms with E-state index >= 15 is 0 Å². The van der Waals surface area contributed by atoms with Crippen LogP contribution >= 0.6 is 35.0 Å². The Morgan fingerprint density at radius 2 is 2.17 bits per heavy atom. The van der Waals surface area contributed by atoms with Gasteiger partial charge in [-0.3, -0.25) is 0 Å². The molecule has 2 aromatic rings. The Morgan fingerprint density at radius 1 is 1.39 bits per heavy atom. The van der Waals surface area contributed by atoms with Crippen LogP contribution in [0.15, 0.2) is 36.9 Å². The van der Waals surface area contributed by atoms with Crippen LogP contribution in [-0.2, 0) is 9.53 Å². The highest BCUT2D eigenvalue weighted by Gasteiger charge is 2.33. The molecule has 0 amide bonds. The van der Waals surface area contributed by atoms with Gasteiger partial charge in [-0.2, -0.15) is 11.8 Å². The zero-order valence-corrected chi connectivity index (χ0v) is 15.2. The van der Waals surface area contributed by atoms with E-state index in [0.717, 1.165) is 11.3 Å². The number of carbonyl (C=O) groups is 1. The number of carbonyl (C=O) groups excluding carboxylic acids is 1. The number of esters is 1. The summed E-state index contributed by atoms with van der Waals surface area (Å²) in [6.07, 6.45) is 5.02. The molecule has 4 nitrogen and oxygen atoms in total. The molecule has 0 radical (unpaired) electrons. The van der Waals surface area contributed by atoms with Crippen molar-refractivity contribution in [3.63, 3.8) is 0 Å². The third-order valence-electron chi connectivity index (χ3n) is 3.28. The number of aromatic nitrogens is 2. The first kappa shape index (κ1) is 18.2. The molecule has 1 heterocycles. The molecule has 23 heavy (non-hydrogen) atoms. The van der Waals surface area contributed by atoms with Gasteiger partial charge in [-0.15, -0.1) is 0 Å². The summed E-state index contributed by atoms with van der Waals surface area (Å²) < 4.78 is 7.03. The minimum atomic E-state index is -0.541. The largest absolute Gasteiger partial charge is 0.464 e. The maximum absolute atomic E-state index is 12.6. The molecule has 0 fully saturated rings. The third-order valence-corrected chi connectivity index (χ3v) is 5.04. The van der Waals surface area contributed by atoms with Crippen molar-refractivity contribution in [2.24, 2.45) is 0 Å². The lowest BCUT2D eigenvalue weighted by molar-refractivity contribution is -0.147. The fourth-order valence-electron chi connectivity index (χ4n) is 2.33. The normalized spacial score (nSPS) is 13.6. The summed E-state index contributed by atoms with van der Waals surface area (Å²) in [5.74, 6) is 0.524. The van der Waals surface area contributed by atoms with Gasteiger partial charge < -0.3 is 9.30 Å². The standard InChI is InChI=1S/C16H18Cl2N2O2S/c1-3-22-16(21)14(20-8-7-19-10-20)15(23-4-2)12-6-5-11(17)9-13(12)18/h5-10,14-15H,3-4H2,1-2H3. The molecule has 7 heteroatoms. The Kier molecular flexibility index (Phi) is 6.81. The predicted octanol–water partition coefficient (Wildman–Crippen LogP) is 4.79. The Hall–Kier alpha value is -1.17. The number of thioether (sulfide) groups is 1. The van der Waals surface area contributed by atoms with Crippen LogP contribution < -0.4 is 0 Å². The van der Waals surface area contributed by atoms with Crippen LogP contribution in [0.1, 0.15) is 30.7 Å². The summed E-state index contributed by atoms with van der Waals surface area (Å²) >= 11 is 14.0. The maximum Gasteiger partial charge on any atom is 0.330 e. The van der Waals surface area contributed by atoms with Crippen LogP contribution in [0.4, 0.5) is 0 Å². The average molecular weight is 373 g/mol. The van der Waals surface area contributed by atoms with Crippen molar-refractivity contribution >= 4 is 40.9 Å². The maximum atomic E-state index is 12.6. The van der Waals surface area contributed by atoms with Crippen molar-refractivity contribution in [1.29, 1.82) is 0 Å². The van der Waals surface area contributed by atoms with E-state index in [9.17, 15) is 4.79 Å². The highest BCUT2D eigenvalue weighted by Crippen LogP contribution is 2.43. The highest BCUT2D eigenvalue weighted by atomic mass is 35.5. The first-order chi connectivity index (χ1) is 11.1. The minimum absolute atomic E-state index is 0.196. The van der Waals surface area contributed by atoms with Crippen LogP contribution in [0.25, 0.3) is 0 Å². The van der Waals surface area contributed by atoms with E-state index < -0.39 is 6.04 Å². The smallest absolute Gasteiger partial charge is 0.330 e. The topological polar surface area (TPSA) is 44.1 Å². The Morgan fingerprint density at radius 3 is 2.74 bits per heavy atom. The van der Waals surface area contributed by atoms with Crippen molar-refractivity contribution in [3.05, 3.63) is 52.5 Å². The van der Waals surface area contributed by atoms with Gasteiger partial charge >= 0.3 is 5.97 Å². The fraction of sp³-hybridized carbons (Fsp3) is 0.375. The molecule has 1 aromatic carbocycles.